The minimum atomic E-state index is -3.60. The molecule has 1 amide bonds. The van der Waals surface area contributed by atoms with Crippen LogP contribution in [0.2, 0.25) is 0 Å². The predicted molar refractivity (Wildman–Crippen MR) is 152 cm³/mol. The molecule has 1 unspecified atom stereocenters. The standard InChI is InChI=1S/C28H33N5O3S2/c1-18-16-25(33(31-18)27-29-23-14-11-21(28(3,4)5)17-24(23)37-27)30-26(34)20-9-12-22(13-10-20)38(35,36)32-15-7-6-8-19(32)2/h9-14,16-17,19H,6-8,15H2,1-5H3,(H,30,34). The zero-order chi connectivity index (χ0) is 27.2. The lowest BCUT2D eigenvalue weighted by atomic mass is 9.87. The number of rotatable bonds is 5. The number of nitrogens with zero attached hydrogens (tertiary/aromatic N) is 4. The van der Waals surface area contributed by atoms with E-state index < -0.39 is 10.0 Å². The molecule has 1 N–H and O–H groups in total. The highest BCUT2D eigenvalue weighted by Gasteiger charge is 2.31. The Bertz CT molecular complexity index is 1600. The number of amides is 1. The normalized spacial score (nSPS) is 17.1. The van der Waals surface area contributed by atoms with E-state index in [1.807, 2.05) is 19.9 Å². The second-order valence-electron chi connectivity index (χ2n) is 11.0. The van der Waals surface area contributed by atoms with Crippen LogP contribution in [0.15, 0.2) is 53.4 Å². The molecule has 8 nitrogen and oxygen atoms in total. The van der Waals surface area contributed by atoms with E-state index in [0.29, 0.717) is 23.1 Å². The topological polar surface area (TPSA) is 97.2 Å². The molecule has 1 aliphatic rings. The summed E-state index contributed by atoms with van der Waals surface area (Å²) in [7, 11) is -3.60. The SMILES string of the molecule is Cc1cc(NC(=O)c2ccc(S(=O)(=O)N3CCCCC3C)cc2)n(-c2nc3ccc(C(C)(C)C)cc3s2)n1. The van der Waals surface area contributed by atoms with Gasteiger partial charge in [0.2, 0.25) is 15.2 Å². The molecule has 10 heteroatoms. The van der Waals surface area contributed by atoms with Crippen LogP contribution in [0.1, 0.15) is 68.6 Å². The van der Waals surface area contributed by atoms with Crippen molar-refractivity contribution in [1.29, 1.82) is 0 Å². The fourth-order valence-corrected chi connectivity index (χ4v) is 7.40. The number of sulfonamides is 1. The molecule has 0 aliphatic carbocycles. The number of thiazole rings is 1. The fraction of sp³-hybridized carbons (Fsp3) is 0.393. The van der Waals surface area contributed by atoms with E-state index in [1.54, 1.807) is 27.2 Å². The van der Waals surface area contributed by atoms with Gasteiger partial charge in [0.15, 0.2) is 0 Å². The Morgan fingerprint density at radius 3 is 2.50 bits per heavy atom. The molecule has 1 saturated heterocycles. The highest BCUT2D eigenvalue weighted by molar-refractivity contribution is 7.89. The molecule has 1 fully saturated rings. The summed E-state index contributed by atoms with van der Waals surface area (Å²) < 4.78 is 30.5. The van der Waals surface area contributed by atoms with Crippen molar-refractivity contribution in [3.8, 4) is 5.13 Å². The van der Waals surface area contributed by atoms with E-state index in [0.717, 1.165) is 35.2 Å². The number of aromatic nitrogens is 3. The molecule has 3 heterocycles. The minimum absolute atomic E-state index is 0.0252. The highest BCUT2D eigenvalue weighted by atomic mass is 32.2. The predicted octanol–water partition coefficient (Wildman–Crippen LogP) is 5.90. The Balaban J connectivity index is 1.38. The van der Waals surface area contributed by atoms with Gasteiger partial charge in [-0.25, -0.2) is 13.4 Å². The lowest BCUT2D eigenvalue weighted by Crippen LogP contribution is -2.41. The molecule has 200 valence electrons. The molecule has 0 radical (unpaired) electrons. The van der Waals surface area contributed by atoms with Crippen LogP contribution in [-0.4, -0.2) is 46.0 Å². The molecule has 0 spiro atoms. The third-order valence-electron chi connectivity index (χ3n) is 6.96. The monoisotopic (exact) mass is 551 g/mol. The van der Waals surface area contributed by atoms with Crippen molar-refractivity contribution in [2.45, 2.75) is 70.2 Å². The van der Waals surface area contributed by atoms with Gasteiger partial charge in [0.25, 0.3) is 5.91 Å². The van der Waals surface area contributed by atoms with Crippen LogP contribution in [0.5, 0.6) is 0 Å². The van der Waals surface area contributed by atoms with Gasteiger partial charge in [-0.2, -0.15) is 14.1 Å². The summed E-state index contributed by atoms with van der Waals surface area (Å²) in [6.45, 7) is 10.9. The van der Waals surface area contributed by atoms with Gasteiger partial charge >= 0.3 is 0 Å². The molecule has 0 bridgehead atoms. The first kappa shape index (κ1) is 26.5. The number of benzene rings is 2. The Kier molecular flexibility index (Phi) is 6.91. The van der Waals surface area contributed by atoms with Crippen LogP contribution in [0.3, 0.4) is 0 Å². The van der Waals surface area contributed by atoms with Gasteiger partial charge in [-0.15, -0.1) is 0 Å². The molecule has 1 atom stereocenters. The van der Waals surface area contributed by atoms with Gasteiger partial charge < -0.3 is 5.32 Å². The second-order valence-corrected chi connectivity index (χ2v) is 13.9. The van der Waals surface area contributed by atoms with Crippen LogP contribution in [-0.2, 0) is 15.4 Å². The molecule has 2 aromatic carbocycles. The quantitative estimate of drug-likeness (QED) is 0.333. The van der Waals surface area contributed by atoms with Gasteiger partial charge in [0.1, 0.15) is 5.82 Å². The van der Waals surface area contributed by atoms with Gasteiger partial charge in [-0.05, 0) is 74.1 Å². The Morgan fingerprint density at radius 2 is 1.82 bits per heavy atom. The van der Waals surface area contributed by atoms with E-state index in [1.165, 1.54) is 29.0 Å². The average Bonchev–Trinajstić information content (AvgIpc) is 3.46. The maximum atomic E-state index is 13.1. The molecular weight excluding hydrogens is 518 g/mol. The van der Waals surface area contributed by atoms with Gasteiger partial charge in [-0.3, -0.25) is 4.79 Å². The molecular formula is C28H33N5O3S2. The molecule has 38 heavy (non-hydrogen) atoms. The van der Waals surface area contributed by atoms with Crippen molar-refractivity contribution in [3.63, 3.8) is 0 Å². The maximum absolute atomic E-state index is 13.1. The number of aryl methyl sites for hydroxylation is 1. The van der Waals surface area contributed by atoms with E-state index >= 15 is 0 Å². The number of nitrogens with one attached hydrogen (secondary N) is 1. The number of carbonyl (C=O) groups excluding carboxylic acids is 1. The van der Waals surface area contributed by atoms with Gasteiger partial charge in [0, 0.05) is 24.2 Å². The molecule has 1 aliphatic heterocycles. The van der Waals surface area contributed by atoms with E-state index in [2.05, 4.69) is 43.3 Å². The smallest absolute Gasteiger partial charge is 0.256 e. The Hall–Kier alpha value is -3.08. The van der Waals surface area contributed by atoms with Crippen LogP contribution >= 0.6 is 11.3 Å². The highest BCUT2D eigenvalue weighted by Crippen LogP contribution is 2.32. The van der Waals surface area contributed by atoms with Gasteiger partial charge in [-0.1, -0.05) is 44.6 Å². The third kappa shape index (κ3) is 5.12. The summed E-state index contributed by atoms with van der Waals surface area (Å²) in [4.78, 5) is 18.1. The number of fused-ring (bicyclic) bond motifs is 1. The van der Waals surface area contributed by atoms with Crippen LogP contribution < -0.4 is 5.32 Å². The van der Waals surface area contributed by atoms with Crippen molar-refractivity contribution in [1.82, 2.24) is 19.1 Å². The zero-order valence-electron chi connectivity index (χ0n) is 22.4. The Morgan fingerprint density at radius 1 is 1.08 bits per heavy atom. The number of hydrogen-bond donors (Lipinski definition) is 1. The van der Waals surface area contributed by atoms with Crippen molar-refractivity contribution in [2.75, 3.05) is 11.9 Å². The molecule has 5 rings (SSSR count). The third-order valence-corrected chi connectivity index (χ3v) is 9.98. The summed E-state index contributed by atoms with van der Waals surface area (Å²) in [6.07, 6.45) is 2.76. The summed E-state index contributed by atoms with van der Waals surface area (Å²) >= 11 is 1.52. The van der Waals surface area contributed by atoms with Gasteiger partial charge in [0.05, 0.1) is 20.8 Å². The lowest BCUT2D eigenvalue weighted by molar-refractivity contribution is 0.102. The molecule has 0 saturated carbocycles. The zero-order valence-corrected chi connectivity index (χ0v) is 24.0. The second kappa shape index (κ2) is 9.91. The minimum Gasteiger partial charge on any atom is -0.306 e. The van der Waals surface area contributed by atoms with E-state index in [-0.39, 0.29) is 22.3 Å². The first-order chi connectivity index (χ1) is 17.9. The van der Waals surface area contributed by atoms with E-state index in [4.69, 9.17) is 4.98 Å². The van der Waals surface area contributed by atoms with Crippen molar-refractivity contribution in [2.24, 2.45) is 0 Å². The van der Waals surface area contributed by atoms with Crippen LogP contribution in [0.4, 0.5) is 5.82 Å². The Labute approximate surface area is 227 Å². The number of anilines is 1. The average molecular weight is 552 g/mol. The van der Waals surface area contributed by atoms with Crippen molar-refractivity contribution >= 4 is 43.3 Å². The summed E-state index contributed by atoms with van der Waals surface area (Å²) in [5, 5.41) is 8.15. The van der Waals surface area contributed by atoms with Crippen LogP contribution in [0.25, 0.3) is 15.3 Å². The first-order valence-corrected chi connectivity index (χ1v) is 15.1. The summed E-state index contributed by atoms with van der Waals surface area (Å²) in [5.74, 6) is 0.152. The number of piperidine rings is 1. The first-order valence-electron chi connectivity index (χ1n) is 12.8. The van der Waals surface area contributed by atoms with E-state index in [9.17, 15) is 13.2 Å². The largest absolute Gasteiger partial charge is 0.306 e. The van der Waals surface area contributed by atoms with Crippen molar-refractivity contribution in [3.05, 3.63) is 65.4 Å². The van der Waals surface area contributed by atoms with Crippen molar-refractivity contribution < 1.29 is 13.2 Å². The fourth-order valence-electron chi connectivity index (χ4n) is 4.73. The lowest BCUT2D eigenvalue weighted by Gasteiger charge is -2.32. The maximum Gasteiger partial charge on any atom is 0.256 e. The summed E-state index contributed by atoms with van der Waals surface area (Å²) in [5.41, 5.74) is 3.24. The number of carbonyl (C=O) groups is 1. The summed E-state index contributed by atoms with van der Waals surface area (Å²) in [6, 6.07) is 14.2. The number of hydrogen-bond acceptors (Lipinski definition) is 6. The van der Waals surface area contributed by atoms with Crippen LogP contribution in [0, 0.1) is 6.92 Å². The molecule has 4 aromatic rings. The molecule has 2 aromatic heterocycles.